The van der Waals surface area contributed by atoms with Crippen LogP contribution in [0.15, 0.2) is 30.3 Å². The van der Waals surface area contributed by atoms with Gasteiger partial charge in [-0.3, -0.25) is 9.59 Å². The summed E-state index contributed by atoms with van der Waals surface area (Å²) in [7, 11) is 0. The van der Waals surface area contributed by atoms with Crippen LogP contribution in [-0.2, 0) is 15.0 Å². The molecule has 0 aromatic heterocycles. The molecule has 0 heterocycles. The van der Waals surface area contributed by atoms with E-state index in [1.807, 2.05) is 6.07 Å². The van der Waals surface area contributed by atoms with Gasteiger partial charge in [-0.25, -0.2) is 0 Å². The summed E-state index contributed by atoms with van der Waals surface area (Å²) < 4.78 is 0. The maximum atomic E-state index is 11.3. The summed E-state index contributed by atoms with van der Waals surface area (Å²) in [5.74, 6) is -1.82. The van der Waals surface area contributed by atoms with Crippen LogP contribution in [0.2, 0.25) is 0 Å². The first-order valence-corrected chi connectivity index (χ1v) is 5.47. The van der Waals surface area contributed by atoms with Gasteiger partial charge in [0.15, 0.2) is 0 Å². The predicted octanol–water partition coefficient (Wildman–Crippen LogP) is 2.28. The number of carbonyl (C=O) groups is 2. The van der Waals surface area contributed by atoms with E-state index in [0.29, 0.717) is 18.4 Å². The summed E-state index contributed by atoms with van der Waals surface area (Å²) in [6.07, 6.45) is 0.668. The third-order valence-electron chi connectivity index (χ3n) is 2.95. The van der Waals surface area contributed by atoms with Crippen molar-refractivity contribution in [2.45, 2.75) is 31.6 Å². The molecule has 0 aliphatic carbocycles. The number of hydrogen-bond donors (Lipinski definition) is 2. The molecule has 0 aliphatic heterocycles. The van der Waals surface area contributed by atoms with E-state index in [9.17, 15) is 14.7 Å². The van der Waals surface area contributed by atoms with E-state index < -0.39 is 17.4 Å². The van der Waals surface area contributed by atoms with Gasteiger partial charge >= 0.3 is 11.9 Å². The van der Waals surface area contributed by atoms with Gasteiger partial charge in [-0.15, -0.1) is 0 Å². The molecule has 1 unspecified atom stereocenters. The number of benzene rings is 1. The van der Waals surface area contributed by atoms with Crippen molar-refractivity contribution in [3.05, 3.63) is 35.9 Å². The fraction of sp³-hybridized carbons (Fsp3) is 0.385. The zero-order valence-electron chi connectivity index (χ0n) is 9.72. The Morgan fingerprint density at radius 3 is 2.24 bits per heavy atom. The molecule has 0 aliphatic rings. The molecule has 0 fully saturated rings. The van der Waals surface area contributed by atoms with Gasteiger partial charge in [-0.1, -0.05) is 30.3 Å². The minimum absolute atomic E-state index is 0.00426. The molecule has 0 amide bonds. The summed E-state index contributed by atoms with van der Waals surface area (Å²) in [5, 5.41) is 17.9. The lowest BCUT2D eigenvalue weighted by molar-refractivity contribution is -0.144. The second kappa shape index (κ2) is 5.48. The van der Waals surface area contributed by atoms with Gasteiger partial charge in [0.25, 0.3) is 0 Å². The summed E-state index contributed by atoms with van der Waals surface area (Å²) in [4.78, 5) is 21.8. The molecule has 1 atom stereocenters. The van der Waals surface area contributed by atoms with Gasteiger partial charge in [0, 0.05) is 6.42 Å². The minimum Gasteiger partial charge on any atom is -0.481 e. The van der Waals surface area contributed by atoms with Crippen LogP contribution in [0.5, 0.6) is 0 Å². The van der Waals surface area contributed by atoms with Crippen molar-refractivity contribution < 1.29 is 19.8 Å². The van der Waals surface area contributed by atoms with Gasteiger partial charge in [0.1, 0.15) is 0 Å². The van der Waals surface area contributed by atoms with Crippen molar-refractivity contribution in [1.29, 1.82) is 0 Å². The smallest absolute Gasteiger partial charge is 0.313 e. The first kappa shape index (κ1) is 13.2. The molecule has 92 valence electrons. The molecule has 0 bridgehead atoms. The maximum Gasteiger partial charge on any atom is 0.313 e. The van der Waals surface area contributed by atoms with Gasteiger partial charge in [0.05, 0.1) is 5.41 Å². The Morgan fingerprint density at radius 2 is 1.76 bits per heavy atom. The molecular formula is C13H16O4. The Hall–Kier alpha value is -1.84. The normalized spacial score (nSPS) is 13.9. The van der Waals surface area contributed by atoms with Crippen LogP contribution in [0, 0.1) is 0 Å². The van der Waals surface area contributed by atoms with Crippen molar-refractivity contribution in [2.75, 3.05) is 0 Å². The molecule has 1 aromatic rings. The highest BCUT2D eigenvalue weighted by Gasteiger charge is 2.34. The van der Waals surface area contributed by atoms with Crippen molar-refractivity contribution in [3.8, 4) is 0 Å². The van der Waals surface area contributed by atoms with E-state index in [0.717, 1.165) is 0 Å². The molecule has 0 spiro atoms. The SMILES string of the molecule is CC(CCCC(=O)O)(C(=O)O)c1ccccc1. The standard InChI is InChI=1S/C13H16O4/c1-13(12(16)17,9-5-8-11(14)15)10-6-3-2-4-7-10/h2-4,6-7H,5,8-9H2,1H3,(H,14,15)(H,16,17). The highest BCUT2D eigenvalue weighted by molar-refractivity contribution is 5.80. The molecule has 4 heteroatoms. The Bertz CT molecular complexity index is 399. The Labute approximate surface area is 99.9 Å². The molecule has 0 saturated carbocycles. The summed E-state index contributed by atoms with van der Waals surface area (Å²) >= 11 is 0. The molecule has 2 N–H and O–H groups in total. The minimum atomic E-state index is -1.02. The van der Waals surface area contributed by atoms with Crippen LogP contribution in [-0.4, -0.2) is 22.2 Å². The first-order chi connectivity index (χ1) is 7.97. The predicted molar refractivity (Wildman–Crippen MR) is 62.9 cm³/mol. The van der Waals surface area contributed by atoms with Crippen LogP contribution in [0.25, 0.3) is 0 Å². The van der Waals surface area contributed by atoms with Crippen molar-refractivity contribution >= 4 is 11.9 Å². The molecule has 17 heavy (non-hydrogen) atoms. The Morgan fingerprint density at radius 1 is 1.18 bits per heavy atom. The molecular weight excluding hydrogens is 220 g/mol. The third kappa shape index (κ3) is 3.31. The maximum absolute atomic E-state index is 11.3. The lowest BCUT2D eigenvalue weighted by Crippen LogP contribution is -2.32. The van der Waals surface area contributed by atoms with Crippen molar-refractivity contribution in [3.63, 3.8) is 0 Å². The average molecular weight is 236 g/mol. The molecule has 0 radical (unpaired) electrons. The van der Waals surface area contributed by atoms with Gasteiger partial charge in [-0.2, -0.15) is 0 Å². The zero-order valence-corrected chi connectivity index (χ0v) is 9.72. The van der Waals surface area contributed by atoms with E-state index in [1.54, 1.807) is 31.2 Å². The fourth-order valence-corrected chi connectivity index (χ4v) is 1.77. The number of aliphatic carboxylic acids is 2. The van der Waals surface area contributed by atoms with Crippen LogP contribution in [0.1, 0.15) is 31.7 Å². The summed E-state index contributed by atoms with van der Waals surface area (Å²) in [6, 6.07) is 8.91. The number of rotatable bonds is 6. The van der Waals surface area contributed by atoms with E-state index in [1.165, 1.54) is 0 Å². The number of hydrogen-bond acceptors (Lipinski definition) is 2. The van der Waals surface area contributed by atoms with Crippen molar-refractivity contribution in [2.24, 2.45) is 0 Å². The lowest BCUT2D eigenvalue weighted by Gasteiger charge is -2.25. The molecule has 1 rings (SSSR count). The highest BCUT2D eigenvalue weighted by Crippen LogP contribution is 2.29. The fourth-order valence-electron chi connectivity index (χ4n) is 1.77. The number of carboxylic acid groups (broad SMARTS) is 2. The Kier molecular flexibility index (Phi) is 4.26. The van der Waals surface area contributed by atoms with Gasteiger partial charge in [0.2, 0.25) is 0 Å². The Balaban J connectivity index is 2.83. The largest absolute Gasteiger partial charge is 0.481 e. The average Bonchev–Trinajstić information content (AvgIpc) is 2.29. The van der Waals surface area contributed by atoms with E-state index in [-0.39, 0.29) is 6.42 Å². The second-order valence-electron chi connectivity index (χ2n) is 4.25. The van der Waals surface area contributed by atoms with Crippen LogP contribution >= 0.6 is 0 Å². The number of carboxylic acids is 2. The van der Waals surface area contributed by atoms with Crippen LogP contribution in [0.4, 0.5) is 0 Å². The highest BCUT2D eigenvalue weighted by atomic mass is 16.4. The van der Waals surface area contributed by atoms with Gasteiger partial charge in [-0.05, 0) is 25.3 Å². The molecule has 4 nitrogen and oxygen atoms in total. The topological polar surface area (TPSA) is 74.6 Å². The van der Waals surface area contributed by atoms with Gasteiger partial charge < -0.3 is 10.2 Å². The quantitative estimate of drug-likeness (QED) is 0.794. The molecule has 0 saturated heterocycles. The van der Waals surface area contributed by atoms with E-state index in [4.69, 9.17) is 5.11 Å². The summed E-state index contributed by atoms with van der Waals surface area (Å²) in [5.41, 5.74) is -0.311. The summed E-state index contributed by atoms with van der Waals surface area (Å²) in [6.45, 7) is 1.63. The third-order valence-corrected chi connectivity index (χ3v) is 2.95. The van der Waals surface area contributed by atoms with Crippen LogP contribution < -0.4 is 0 Å². The van der Waals surface area contributed by atoms with E-state index >= 15 is 0 Å². The zero-order chi connectivity index (χ0) is 12.9. The first-order valence-electron chi connectivity index (χ1n) is 5.47. The van der Waals surface area contributed by atoms with Crippen LogP contribution in [0.3, 0.4) is 0 Å². The van der Waals surface area contributed by atoms with Crippen molar-refractivity contribution in [1.82, 2.24) is 0 Å². The monoisotopic (exact) mass is 236 g/mol. The van der Waals surface area contributed by atoms with E-state index in [2.05, 4.69) is 0 Å². The molecule has 1 aromatic carbocycles. The lowest BCUT2D eigenvalue weighted by atomic mass is 9.78. The second-order valence-corrected chi connectivity index (χ2v) is 4.25.